The first-order valence-corrected chi connectivity index (χ1v) is 6.28. The fourth-order valence-corrected chi connectivity index (χ4v) is 2.13. The van der Waals surface area contributed by atoms with Gasteiger partial charge in [0, 0.05) is 6.42 Å². The van der Waals surface area contributed by atoms with E-state index < -0.39 is 0 Å². The Bertz CT molecular complexity index is 529. The molecule has 0 saturated heterocycles. The second-order valence-corrected chi connectivity index (χ2v) is 4.51. The number of ether oxygens (including phenoxy) is 2. The molecule has 1 aliphatic rings. The molecule has 1 aliphatic heterocycles. The summed E-state index contributed by atoms with van der Waals surface area (Å²) < 4.78 is 11.4. The van der Waals surface area contributed by atoms with Crippen LogP contribution in [0, 0.1) is 0 Å². The van der Waals surface area contributed by atoms with Crippen molar-refractivity contribution >= 4 is 0 Å². The molecule has 1 aromatic heterocycles. The van der Waals surface area contributed by atoms with Crippen molar-refractivity contribution in [1.82, 2.24) is 4.98 Å². The van der Waals surface area contributed by atoms with Crippen molar-refractivity contribution in [2.45, 2.75) is 19.1 Å². The predicted octanol–water partition coefficient (Wildman–Crippen LogP) is 1.96. The van der Waals surface area contributed by atoms with E-state index in [2.05, 4.69) is 11.1 Å². The highest BCUT2D eigenvalue weighted by Gasteiger charge is 2.22. The van der Waals surface area contributed by atoms with Crippen LogP contribution in [0.5, 0.6) is 11.5 Å². The van der Waals surface area contributed by atoms with Crippen LogP contribution in [-0.2, 0) is 13.0 Å². The van der Waals surface area contributed by atoms with Crippen molar-refractivity contribution in [3.05, 3.63) is 53.9 Å². The Kier molecular flexibility index (Phi) is 3.33. The van der Waals surface area contributed by atoms with Gasteiger partial charge in [0.15, 0.2) is 0 Å². The lowest BCUT2D eigenvalue weighted by Gasteiger charge is -2.12. The van der Waals surface area contributed by atoms with Crippen LogP contribution >= 0.6 is 0 Å². The van der Waals surface area contributed by atoms with E-state index in [4.69, 9.17) is 14.6 Å². The molecule has 1 atom stereocenters. The first-order chi connectivity index (χ1) is 9.35. The summed E-state index contributed by atoms with van der Waals surface area (Å²) in [6, 6.07) is 11.6. The maximum Gasteiger partial charge on any atom is 0.137 e. The molecule has 0 radical (unpaired) electrons. The molecule has 0 saturated carbocycles. The molecule has 1 unspecified atom stereocenters. The number of aliphatic hydroxyl groups excluding tert-OH is 1. The predicted molar refractivity (Wildman–Crippen MR) is 70.2 cm³/mol. The van der Waals surface area contributed by atoms with Crippen molar-refractivity contribution in [3.63, 3.8) is 0 Å². The molecule has 0 bridgehead atoms. The van der Waals surface area contributed by atoms with E-state index in [9.17, 15) is 0 Å². The number of fused-ring (bicyclic) bond motifs is 1. The monoisotopic (exact) mass is 257 g/mol. The molecule has 4 heteroatoms. The molecule has 1 aromatic carbocycles. The molecule has 0 fully saturated rings. The zero-order valence-corrected chi connectivity index (χ0v) is 10.5. The van der Waals surface area contributed by atoms with Crippen LogP contribution < -0.4 is 9.47 Å². The second kappa shape index (κ2) is 5.28. The summed E-state index contributed by atoms with van der Waals surface area (Å²) in [5, 5.41) is 8.91. The molecule has 98 valence electrons. The first kappa shape index (κ1) is 12.0. The van der Waals surface area contributed by atoms with E-state index in [0.717, 1.165) is 12.2 Å². The summed E-state index contributed by atoms with van der Waals surface area (Å²) in [5.74, 6) is 1.64. The van der Waals surface area contributed by atoms with Gasteiger partial charge < -0.3 is 14.6 Å². The number of nitrogens with zero attached hydrogens (tertiary/aromatic N) is 1. The fraction of sp³-hybridized carbons (Fsp3) is 0.267. The molecule has 3 rings (SSSR count). The summed E-state index contributed by atoms with van der Waals surface area (Å²) in [7, 11) is 0. The highest BCUT2D eigenvalue weighted by Crippen LogP contribution is 2.28. The van der Waals surface area contributed by atoms with E-state index in [-0.39, 0.29) is 12.7 Å². The van der Waals surface area contributed by atoms with Gasteiger partial charge in [-0.2, -0.15) is 0 Å². The smallest absolute Gasteiger partial charge is 0.137 e. The Labute approximate surface area is 111 Å². The highest BCUT2D eigenvalue weighted by atomic mass is 16.5. The van der Waals surface area contributed by atoms with Crippen molar-refractivity contribution in [2.24, 2.45) is 0 Å². The molecular formula is C15H15NO3. The second-order valence-electron chi connectivity index (χ2n) is 4.51. The zero-order valence-electron chi connectivity index (χ0n) is 10.5. The third kappa shape index (κ3) is 2.69. The van der Waals surface area contributed by atoms with Crippen LogP contribution in [0.3, 0.4) is 0 Å². The fourth-order valence-electron chi connectivity index (χ4n) is 2.13. The minimum absolute atomic E-state index is 0.0509. The van der Waals surface area contributed by atoms with Gasteiger partial charge in [-0.05, 0) is 23.8 Å². The number of aliphatic hydroxyl groups is 1. The van der Waals surface area contributed by atoms with Gasteiger partial charge in [0.1, 0.15) is 24.2 Å². The molecule has 19 heavy (non-hydrogen) atoms. The van der Waals surface area contributed by atoms with Crippen LogP contribution in [0.1, 0.15) is 11.3 Å². The van der Waals surface area contributed by atoms with Gasteiger partial charge in [-0.25, -0.2) is 0 Å². The van der Waals surface area contributed by atoms with Crippen molar-refractivity contribution < 1.29 is 14.6 Å². The van der Waals surface area contributed by atoms with Crippen LogP contribution in [0.2, 0.25) is 0 Å². The van der Waals surface area contributed by atoms with Gasteiger partial charge >= 0.3 is 0 Å². The molecular weight excluding hydrogens is 242 g/mol. The number of hydrogen-bond donors (Lipinski definition) is 1. The SMILES string of the molecule is OCc1ccc(OCC2Cc3ccccc3O2)cn1. The molecule has 2 heterocycles. The number of aromatic nitrogens is 1. The topological polar surface area (TPSA) is 51.6 Å². The zero-order chi connectivity index (χ0) is 13.1. The summed E-state index contributed by atoms with van der Waals surface area (Å²) in [6.07, 6.45) is 2.54. The van der Waals surface area contributed by atoms with E-state index in [1.54, 1.807) is 18.3 Å². The molecule has 0 amide bonds. The molecule has 0 aliphatic carbocycles. The number of pyridine rings is 1. The number of para-hydroxylation sites is 1. The van der Waals surface area contributed by atoms with Gasteiger partial charge in [0.25, 0.3) is 0 Å². The largest absolute Gasteiger partial charge is 0.488 e. The molecule has 1 N–H and O–H groups in total. The van der Waals surface area contributed by atoms with Crippen molar-refractivity contribution in [3.8, 4) is 11.5 Å². The Morgan fingerprint density at radius 2 is 2.16 bits per heavy atom. The van der Waals surface area contributed by atoms with Gasteiger partial charge in [0.05, 0.1) is 18.5 Å². The Hall–Kier alpha value is -2.07. The van der Waals surface area contributed by atoms with Gasteiger partial charge in [-0.3, -0.25) is 4.98 Å². The van der Waals surface area contributed by atoms with Crippen LogP contribution in [-0.4, -0.2) is 22.8 Å². The Balaban J connectivity index is 1.56. The molecule has 4 nitrogen and oxygen atoms in total. The van der Waals surface area contributed by atoms with Crippen LogP contribution in [0.15, 0.2) is 42.6 Å². The third-order valence-electron chi connectivity index (χ3n) is 3.11. The summed E-state index contributed by atoms with van der Waals surface area (Å²) in [4.78, 5) is 4.07. The average Bonchev–Trinajstić information content (AvgIpc) is 2.88. The Morgan fingerprint density at radius 3 is 2.89 bits per heavy atom. The maximum atomic E-state index is 8.91. The number of hydrogen-bond acceptors (Lipinski definition) is 4. The summed E-state index contributed by atoms with van der Waals surface area (Å²) >= 11 is 0. The minimum Gasteiger partial charge on any atom is -0.488 e. The summed E-state index contributed by atoms with van der Waals surface area (Å²) in [5.41, 5.74) is 1.86. The number of benzene rings is 1. The molecule has 0 spiro atoms. The van der Waals surface area contributed by atoms with E-state index in [1.165, 1.54) is 5.56 Å². The normalized spacial score (nSPS) is 16.8. The van der Waals surface area contributed by atoms with Gasteiger partial charge in [-0.1, -0.05) is 18.2 Å². The minimum atomic E-state index is -0.0542. The standard InChI is InChI=1S/C15H15NO3/c17-9-12-5-6-13(8-16-12)18-10-14-7-11-3-1-2-4-15(11)19-14/h1-6,8,14,17H,7,9-10H2. The number of rotatable bonds is 4. The molecule has 2 aromatic rings. The van der Waals surface area contributed by atoms with E-state index >= 15 is 0 Å². The lowest BCUT2D eigenvalue weighted by molar-refractivity contribution is 0.148. The Morgan fingerprint density at radius 1 is 1.26 bits per heavy atom. The van der Waals surface area contributed by atoms with E-state index in [0.29, 0.717) is 18.1 Å². The van der Waals surface area contributed by atoms with Gasteiger partial charge in [0.2, 0.25) is 0 Å². The lowest BCUT2D eigenvalue weighted by Crippen LogP contribution is -2.22. The van der Waals surface area contributed by atoms with Gasteiger partial charge in [-0.15, -0.1) is 0 Å². The lowest BCUT2D eigenvalue weighted by atomic mass is 10.1. The van der Waals surface area contributed by atoms with Crippen molar-refractivity contribution in [1.29, 1.82) is 0 Å². The average molecular weight is 257 g/mol. The maximum absolute atomic E-state index is 8.91. The van der Waals surface area contributed by atoms with Crippen LogP contribution in [0.4, 0.5) is 0 Å². The first-order valence-electron chi connectivity index (χ1n) is 6.28. The quantitative estimate of drug-likeness (QED) is 0.909. The van der Waals surface area contributed by atoms with E-state index in [1.807, 2.05) is 18.2 Å². The van der Waals surface area contributed by atoms with Crippen molar-refractivity contribution in [2.75, 3.05) is 6.61 Å². The third-order valence-corrected chi connectivity index (χ3v) is 3.11. The highest BCUT2D eigenvalue weighted by molar-refractivity contribution is 5.37. The summed E-state index contributed by atoms with van der Waals surface area (Å²) in [6.45, 7) is 0.441. The van der Waals surface area contributed by atoms with Crippen LogP contribution in [0.25, 0.3) is 0 Å².